The zero-order chi connectivity index (χ0) is 7.40. The average Bonchev–Trinajstić information content (AvgIpc) is 2.31. The normalized spacial score (nSPS) is 11.0. The average molecular weight is 266 g/mol. The molecule has 0 saturated heterocycles. The Morgan fingerprint density at radius 1 is 1.60 bits per heavy atom. The molecule has 1 heterocycles. The van der Waals surface area contributed by atoms with Crippen molar-refractivity contribution in [1.29, 1.82) is 0 Å². The first kappa shape index (κ1) is 8.08. The molecule has 1 rings (SSSR count). The number of hydrogen-bond donors (Lipinski definition) is 0. The predicted octanol–water partition coefficient (Wildman–Crippen LogP) is 3.45. The van der Waals surface area contributed by atoms with Crippen molar-refractivity contribution in [1.82, 2.24) is 0 Å². The molecule has 0 saturated carbocycles. The highest BCUT2D eigenvalue weighted by molar-refractivity contribution is 9.10. The maximum Gasteiger partial charge on any atom is 0.140 e. The molecule has 3 heteroatoms. The SMILES string of the molecule is BrC/C=C/c1occc1Br. The van der Waals surface area contributed by atoms with Gasteiger partial charge in [0, 0.05) is 5.33 Å². The van der Waals surface area contributed by atoms with Crippen molar-refractivity contribution in [3.8, 4) is 0 Å². The summed E-state index contributed by atoms with van der Waals surface area (Å²) >= 11 is 6.61. The van der Waals surface area contributed by atoms with Crippen molar-refractivity contribution < 1.29 is 4.42 Å². The molecule has 0 N–H and O–H groups in total. The van der Waals surface area contributed by atoms with Crippen molar-refractivity contribution in [2.75, 3.05) is 5.33 Å². The third-order valence-electron chi connectivity index (χ3n) is 1.00. The van der Waals surface area contributed by atoms with Gasteiger partial charge in [0.05, 0.1) is 10.7 Å². The van der Waals surface area contributed by atoms with Gasteiger partial charge < -0.3 is 4.42 Å². The zero-order valence-corrected chi connectivity index (χ0v) is 8.35. The number of alkyl halides is 1. The van der Waals surface area contributed by atoms with E-state index in [1.807, 2.05) is 18.2 Å². The maximum absolute atomic E-state index is 5.11. The van der Waals surface area contributed by atoms with Gasteiger partial charge in [0.25, 0.3) is 0 Å². The fourth-order valence-electron chi connectivity index (χ4n) is 0.576. The number of hydrogen-bond acceptors (Lipinski definition) is 1. The van der Waals surface area contributed by atoms with E-state index >= 15 is 0 Å². The van der Waals surface area contributed by atoms with E-state index in [4.69, 9.17) is 4.42 Å². The summed E-state index contributed by atoms with van der Waals surface area (Å²) in [5, 5.41) is 0.847. The summed E-state index contributed by atoms with van der Waals surface area (Å²) in [7, 11) is 0. The topological polar surface area (TPSA) is 13.1 Å². The lowest BCUT2D eigenvalue weighted by atomic mass is 10.4. The molecule has 54 valence electrons. The van der Waals surface area contributed by atoms with E-state index in [1.54, 1.807) is 6.26 Å². The van der Waals surface area contributed by atoms with Crippen LogP contribution in [-0.4, -0.2) is 5.33 Å². The van der Waals surface area contributed by atoms with Gasteiger partial charge in [0.15, 0.2) is 0 Å². The number of halogens is 2. The second-order valence-corrected chi connectivity index (χ2v) is 3.19. The lowest BCUT2D eigenvalue weighted by Crippen LogP contribution is -1.64. The smallest absolute Gasteiger partial charge is 0.140 e. The van der Waals surface area contributed by atoms with Crippen molar-refractivity contribution in [3.63, 3.8) is 0 Å². The van der Waals surface area contributed by atoms with Crippen molar-refractivity contribution in [3.05, 3.63) is 28.6 Å². The highest BCUT2D eigenvalue weighted by atomic mass is 79.9. The highest BCUT2D eigenvalue weighted by Crippen LogP contribution is 2.18. The molecule has 10 heavy (non-hydrogen) atoms. The Bertz CT molecular complexity index is 227. The van der Waals surface area contributed by atoms with E-state index in [1.165, 1.54) is 0 Å². The molecule has 0 unspecified atom stereocenters. The van der Waals surface area contributed by atoms with Gasteiger partial charge in [-0.2, -0.15) is 0 Å². The third kappa shape index (κ3) is 1.99. The molecule has 0 fully saturated rings. The van der Waals surface area contributed by atoms with Crippen LogP contribution in [0.25, 0.3) is 6.08 Å². The van der Waals surface area contributed by atoms with E-state index in [2.05, 4.69) is 31.9 Å². The molecule has 0 amide bonds. The van der Waals surface area contributed by atoms with E-state index in [9.17, 15) is 0 Å². The summed E-state index contributed by atoms with van der Waals surface area (Å²) in [6.07, 6.45) is 5.54. The highest BCUT2D eigenvalue weighted by Gasteiger charge is 1.95. The number of rotatable bonds is 2. The Morgan fingerprint density at radius 3 is 2.90 bits per heavy atom. The Balaban J connectivity index is 2.74. The van der Waals surface area contributed by atoms with Crippen LogP contribution in [0.3, 0.4) is 0 Å². The van der Waals surface area contributed by atoms with E-state index in [0.29, 0.717) is 0 Å². The van der Waals surface area contributed by atoms with Gasteiger partial charge in [-0.25, -0.2) is 0 Å². The minimum Gasteiger partial charge on any atom is -0.464 e. The molecular weight excluding hydrogens is 260 g/mol. The van der Waals surface area contributed by atoms with Crippen LogP contribution in [0.15, 0.2) is 27.3 Å². The molecule has 0 bridgehead atoms. The first-order chi connectivity index (χ1) is 4.84. The van der Waals surface area contributed by atoms with Crippen molar-refractivity contribution in [2.24, 2.45) is 0 Å². The number of furan rings is 1. The second-order valence-electron chi connectivity index (χ2n) is 1.69. The van der Waals surface area contributed by atoms with Crippen LogP contribution in [-0.2, 0) is 0 Å². The van der Waals surface area contributed by atoms with E-state index in [-0.39, 0.29) is 0 Å². The molecule has 0 atom stereocenters. The maximum atomic E-state index is 5.11. The predicted molar refractivity (Wildman–Crippen MR) is 49.2 cm³/mol. The molecule has 0 radical (unpaired) electrons. The molecule has 1 aromatic rings. The van der Waals surface area contributed by atoms with Crippen LogP contribution in [0, 0.1) is 0 Å². The second kappa shape index (κ2) is 3.98. The van der Waals surface area contributed by atoms with E-state index in [0.717, 1.165) is 15.6 Å². The van der Waals surface area contributed by atoms with Crippen LogP contribution >= 0.6 is 31.9 Å². The molecular formula is C7H6Br2O. The molecule has 0 aliphatic rings. The number of allylic oxidation sites excluding steroid dienone is 1. The Labute approximate surface area is 76.4 Å². The van der Waals surface area contributed by atoms with Gasteiger partial charge >= 0.3 is 0 Å². The Hall–Kier alpha value is -0.0200. The lowest BCUT2D eigenvalue weighted by Gasteiger charge is -1.83. The minimum atomic E-state index is 0.847. The van der Waals surface area contributed by atoms with Crippen molar-refractivity contribution >= 4 is 37.9 Å². The van der Waals surface area contributed by atoms with Gasteiger partial charge in [-0.1, -0.05) is 22.0 Å². The molecule has 0 aliphatic carbocycles. The van der Waals surface area contributed by atoms with Gasteiger partial charge in [-0.15, -0.1) is 0 Å². The molecule has 1 aromatic heterocycles. The molecule has 0 spiro atoms. The first-order valence-corrected chi connectivity index (χ1v) is 4.71. The summed E-state index contributed by atoms with van der Waals surface area (Å²) in [5.74, 6) is 0.861. The fraction of sp³-hybridized carbons (Fsp3) is 0.143. The standard InChI is InChI=1S/C7H6Br2O/c8-4-1-2-7-6(9)3-5-10-7/h1-3,5H,4H2/b2-1+. The summed E-state index contributed by atoms with van der Waals surface area (Å²) in [6, 6.07) is 1.87. The van der Waals surface area contributed by atoms with Crippen LogP contribution in [0.5, 0.6) is 0 Å². The van der Waals surface area contributed by atoms with Crippen molar-refractivity contribution in [2.45, 2.75) is 0 Å². The summed E-state index contributed by atoms with van der Waals surface area (Å²) in [4.78, 5) is 0. The van der Waals surface area contributed by atoms with Crippen LogP contribution in [0.4, 0.5) is 0 Å². The van der Waals surface area contributed by atoms with Gasteiger partial charge in [0.1, 0.15) is 5.76 Å². The molecule has 1 nitrogen and oxygen atoms in total. The summed E-state index contributed by atoms with van der Waals surface area (Å²) in [6.45, 7) is 0. The Kier molecular flexibility index (Phi) is 3.22. The van der Waals surface area contributed by atoms with Crippen LogP contribution in [0.1, 0.15) is 5.76 Å². The van der Waals surface area contributed by atoms with Gasteiger partial charge in [0.2, 0.25) is 0 Å². The lowest BCUT2D eigenvalue weighted by molar-refractivity contribution is 0.555. The molecule has 0 aliphatic heterocycles. The van der Waals surface area contributed by atoms with E-state index < -0.39 is 0 Å². The van der Waals surface area contributed by atoms with Gasteiger partial charge in [-0.05, 0) is 28.1 Å². The first-order valence-electron chi connectivity index (χ1n) is 2.80. The third-order valence-corrected chi connectivity index (χ3v) is 2.03. The van der Waals surface area contributed by atoms with Crippen LogP contribution < -0.4 is 0 Å². The molecule has 0 aromatic carbocycles. The van der Waals surface area contributed by atoms with Crippen LogP contribution in [0.2, 0.25) is 0 Å². The largest absolute Gasteiger partial charge is 0.464 e. The zero-order valence-electron chi connectivity index (χ0n) is 5.18. The summed E-state index contributed by atoms with van der Waals surface area (Å²) in [5.41, 5.74) is 0. The fourth-order valence-corrected chi connectivity index (χ4v) is 1.10. The quantitative estimate of drug-likeness (QED) is 0.747. The van der Waals surface area contributed by atoms with Gasteiger partial charge in [-0.3, -0.25) is 0 Å². The minimum absolute atomic E-state index is 0.847. The summed E-state index contributed by atoms with van der Waals surface area (Å²) < 4.78 is 6.10. The monoisotopic (exact) mass is 264 g/mol. The Morgan fingerprint density at radius 2 is 2.40 bits per heavy atom.